The molecule has 1 aliphatic rings. The number of hydrogen-bond donors (Lipinski definition) is 2. The zero-order chi connectivity index (χ0) is 14.9. The van der Waals surface area contributed by atoms with Crippen molar-refractivity contribution in [3.8, 4) is 0 Å². The maximum absolute atomic E-state index is 11.5. The third-order valence-electron chi connectivity index (χ3n) is 3.30. The molecule has 1 saturated heterocycles. The van der Waals surface area contributed by atoms with Gasteiger partial charge in [-0.05, 0) is 18.2 Å². The number of aromatic carboxylic acids is 1. The summed E-state index contributed by atoms with van der Waals surface area (Å²) in [5.41, 5.74) is 6.89. The Hall–Kier alpha value is -1.80. The number of carboxylic acids is 1. The second-order valence-corrected chi connectivity index (χ2v) is 6.71. The Morgan fingerprint density at radius 2 is 1.85 bits per heavy atom. The molecule has 0 atom stereocenters. The van der Waals surface area contributed by atoms with Crippen LogP contribution in [-0.2, 0) is 10.0 Å². The molecule has 2 rings (SSSR count). The first-order valence-electron chi connectivity index (χ1n) is 6.12. The normalized spacial score (nSPS) is 17.1. The molecular weight excluding hydrogens is 282 g/mol. The van der Waals surface area contributed by atoms with E-state index in [0.717, 1.165) is 0 Å². The Kier molecular flexibility index (Phi) is 3.87. The van der Waals surface area contributed by atoms with Crippen molar-refractivity contribution >= 4 is 27.4 Å². The van der Waals surface area contributed by atoms with E-state index in [1.54, 1.807) is 12.1 Å². The molecule has 0 spiro atoms. The fraction of sp³-hybridized carbons (Fsp3) is 0.417. The summed E-state index contributed by atoms with van der Waals surface area (Å²) in [6.45, 7) is 1.56. The lowest BCUT2D eigenvalue weighted by atomic mass is 10.1. The van der Waals surface area contributed by atoms with Gasteiger partial charge in [-0.15, -0.1) is 0 Å². The van der Waals surface area contributed by atoms with Gasteiger partial charge in [0.15, 0.2) is 0 Å². The summed E-state index contributed by atoms with van der Waals surface area (Å²) in [7, 11) is -3.20. The van der Waals surface area contributed by atoms with Gasteiger partial charge in [-0.3, -0.25) is 0 Å². The predicted octanol–water partition coefficient (Wildman–Crippen LogP) is 0.0486. The molecule has 20 heavy (non-hydrogen) atoms. The third-order valence-corrected chi connectivity index (χ3v) is 4.60. The van der Waals surface area contributed by atoms with Gasteiger partial charge in [0, 0.05) is 31.9 Å². The average Bonchev–Trinajstić information content (AvgIpc) is 2.37. The molecule has 0 aliphatic carbocycles. The second-order valence-electron chi connectivity index (χ2n) is 4.73. The summed E-state index contributed by atoms with van der Waals surface area (Å²) in [5, 5.41) is 9.19. The zero-order valence-corrected chi connectivity index (χ0v) is 11.9. The number of anilines is 2. The fourth-order valence-electron chi connectivity index (χ4n) is 2.25. The molecule has 8 heteroatoms. The van der Waals surface area contributed by atoms with Gasteiger partial charge in [-0.1, -0.05) is 0 Å². The van der Waals surface area contributed by atoms with Gasteiger partial charge >= 0.3 is 5.97 Å². The van der Waals surface area contributed by atoms with Crippen LogP contribution in [0.25, 0.3) is 0 Å². The van der Waals surface area contributed by atoms with E-state index in [1.807, 2.05) is 4.90 Å². The van der Waals surface area contributed by atoms with Crippen LogP contribution < -0.4 is 10.6 Å². The van der Waals surface area contributed by atoms with Crippen molar-refractivity contribution in [3.63, 3.8) is 0 Å². The monoisotopic (exact) mass is 299 g/mol. The van der Waals surface area contributed by atoms with Gasteiger partial charge in [-0.2, -0.15) is 4.31 Å². The lowest BCUT2D eigenvalue weighted by molar-refractivity contribution is 0.0697. The molecule has 1 heterocycles. The number of nitrogen functional groups attached to an aromatic ring is 1. The van der Waals surface area contributed by atoms with Crippen molar-refractivity contribution in [2.24, 2.45) is 0 Å². The first-order valence-corrected chi connectivity index (χ1v) is 7.97. The topological polar surface area (TPSA) is 104 Å². The minimum Gasteiger partial charge on any atom is -0.478 e. The van der Waals surface area contributed by atoms with Crippen LogP contribution >= 0.6 is 0 Å². The van der Waals surface area contributed by atoms with Crippen LogP contribution in [0.3, 0.4) is 0 Å². The van der Waals surface area contributed by atoms with Crippen LogP contribution in [0.4, 0.5) is 11.4 Å². The lowest BCUT2D eigenvalue weighted by Crippen LogP contribution is -2.48. The minimum atomic E-state index is -3.20. The Labute approximate surface area is 117 Å². The van der Waals surface area contributed by atoms with E-state index in [2.05, 4.69) is 0 Å². The van der Waals surface area contributed by atoms with E-state index in [4.69, 9.17) is 5.73 Å². The number of hydrogen-bond acceptors (Lipinski definition) is 5. The number of carbonyl (C=O) groups is 1. The SMILES string of the molecule is CS(=O)(=O)N1CCN(c2cc(N)ccc2C(=O)O)CC1. The number of nitrogens with two attached hydrogens (primary N) is 1. The summed E-state index contributed by atoms with van der Waals surface area (Å²) >= 11 is 0. The van der Waals surface area contributed by atoms with Crippen LogP contribution in [-0.4, -0.2) is 56.2 Å². The van der Waals surface area contributed by atoms with E-state index in [1.165, 1.54) is 16.6 Å². The largest absolute Gasteiger partial charge is 0.478 e. The van der Waals surface area contributed by atoms with E-state index in [9.17, 15) is 18.3 Å². The predicted molar refractivity (Wildman–Crippen MR) is 76.4 cm³/mol. The van der Waals surface area contributed by atoms with E-state index in [-0.39, 0.29) is 5.56 Å². The Morgan fingerprint density at radius 1 is 1.25 bits per heavy atom. The Balaban J connectivity index is 2.22. The van der Waals surface area contributed by atoms with Gasteiger partial charge in [-0.25, -0.2) is 13.2 Å². The fourth-order valence-corrected chi connectivity index (χ4v) is 3.08. The quantitative estimate of drug-likeness (QED) is 0.764. The summed E-state index contributed by atoms with van der Waals surface area (Å²) in [5.74, 6) is -1.02. The summed E-state index contributed by atoms with van der Waals surface area (Å²) in [6.07, 6.45) is 1.17. The van der Waals surface area contributed by atoms with Gasteiger partial charge in [0.05, 0.1) is 17.5 Å². The Morgan fingerprint density at radius 3 is 2.35 bits per heavy atom. The highest BCUT2D eigenvalue weighted by molar-refractivity contribution is 7.88. The number of rotatable bonds is 3. The van der Waals surface area contributed by atoms with Crippen LogP contribution in [0.5, 0.6) is 0 Å². The molecule has 1 aromatic rings. The molecule has 0 saturated carbocycles. The molecule has 1 fully saturated rings. The molecule has 0 bridgehead atoms. The van der Waals surface area contributed by atoms with Gasteiger partial charge in [0.25, 0.3) is 0 Å². The number of sulfonamides is 1. The molecule has 1 aromatic carbocycles. The van der Waals surface area contributed by atoms with Crippen LogP contribution in [0.2, 0.25) is 0 Å². The highest BCUT2D eigenvalue weighted by Crippen LogP contribution is 2.25. The smallest absolute Gasteiger partial charge is 0.337 e. The molecule has 1 aliphatic heterocycles. The van der Waals surface area contributed by atoms with E-state index in [0.29, 0.717) is 37.6 Å². The highest BCUT2D eigenvalue weighted by atomic mass is 32.2. The van der Waals surface area contributed by atoms with Gasteiger partial charge in [0.2, 0.25) is 10.0 Å². The van der Waals surface area contributed by atoms with Crippen molar-refractivity contribution in [2.75, 3.05) is 43.1 Å². The molecule has 0 aromatic heterocycles. The summed E-state index contributed by atoms with van der Waals surface area (Å²) in [6, 6.07) is 4.62. The molecular formula is C12H17N3O4S. The van der Waals surface area contributed by atoms with Crippen molar-refractivity contribution in [3.05, 3.63) is 23.8 Å². The maximum Gasteiger partial charge on any atom is 0.337 e. The number of benzene rings is 1. The van der Waals surface area contributed by atoms with Gasteiger partial charge in [0.1, 0.15) is 0 Å². The highest BCUT2D eigenvalue weighted by Gasteiger charge is 2.25. The number of nitrogens with zero attached hydrogens (tertiary/aromatic N) is 2. The molecule has 3 N–H and O–H groups in total. The second kappa shape index (κ2) is 5.29. The third kappa shape index (κ3) is 3.02. The molecule has 0 amide bonds. The lowest BCUT2D eigenvalue weighted by Gasteiger charge is -2.35. The Bertz CT molecular complexity index is 622. The standard InChI is InChI=1S/C12H17N3O4S/c1-20(18,19)15-6-4-14(5-7-15)11-8-9(13)2-3-10(11)12(16)17/h2-3,8H,4-7,13H2,1H3,(H,16,17). The van der Waals surface area contributed by atoms with Crippen molar-refractivity contribution in [1.29, 1.82) is 0 Å². The number of piperazine rings is 1. The molecule has 0 radical (unpaired) electrons. The van der Waals surface area contributed by atoms with Crippen molar-refractivity contribution < 1.29 is 18.3 Å². The molecule has 0 unspecified atom stereocenters. The first kappa shape index (κ1) is 14.6. The van der Waals surface area contributed by atoms with Crippen LogP contribution in [0.15, 0.2) is 18.2 Å². The van der Waals surface area contributed by atoms with Crippen molar-refractivity contribution in [1.82, 2.24) is 4.31 Å². The summed E-state index contributed by atoms with van der Waals surface area (Å²) < 4.78 is 24.3. The van der Waals surface area contributed by atoms with Crippen LogP contribution in [0.1, 0.15) is 10.4 Å². The average molecular weight is 299 g/mol. The zero-order valence-electron chi connectivity index (χ0n) is 11.1. The molecule has 110 valence electrons. The van der Waals surface area contributed by atoms with Gasteiger partial charge < -0.3 is 15.7 Å². The van der Waals surface area contributed by atoms with E-state index < -0.39 is 16.0 Å². The van der Waals surface area contributed by atoms with Crippen LogP contribution in [0, 0.1) is 0 Å². The maximum atomic E-state index is 11.5. The van der Waals surface area contributed by atoms with E-state index >= 15 is 0 Å². The first-order chi connectivity index (χ1) is 9.29. The summed E-state index contributed by atoms with van der Waals surface area (Å²) in [4.78, 5) is 13.1. The minimum absolute atomic E-state index is 0.173. The molecule has 7 nitrogen and oxygen atoms in total. The number of carboxylic acid groups (broad SMARTS) is 1. The van der Waals surface area contributed by atoms with Crippen molar-refractivity contribution in [2.45, 2.75) is 0 Å².